The van der Waals surface area contributed by atoms with Gasteiger partial charge in [0.15, 0.2) is 5.82 Å². The number of hydrogen-bond acceptors (Lipinski definition) is 6. The van der Waals surface area contributed by atoms with Crippen LogP contribution in [-0.4, -0.2) is 41.3 Å². The van der Waals surface area contributed by atoms with Crippen molar-refractivity contribution in [1.82, 2.24) is 24.5 Å². The molecule has 0 unspecified atom stereocenters. The zero-order chi connectivity index (χ0) is 21.2. The highest BCUT2D eigenvalue weighted by Gasteiger charge is 2.16. The number of halogens is 2. The first-order valence-corrected chi connectivity index (χ1v) is 10.2. The van der Waals surface area contributed by atoms with Crippen molar-refractivity contribution in [3.05, 3.63) is 59.2 Å². The van der Waals surface area contributed by atoms with Crippen LogP contribution in [0.25, 0.3) is 5.82 Å². The molecule has 0 atom stereocenters. The Morgan fingerprint density at radius 2 is 1.66 bits per heavy atom. The Labute approximate surface area is 167 Å². The number of rotatable bonds is 7. The lowest BCUT2D eigenvalue weighted by Gasteiger charge is -2.11. The highest BCUT2D eigenvalue weighted by Crippen LogP contribution is 2.15. The SMILES string of the molecule is Cc1cc(C)n(-c2cc(NCCNS(=O)(=O)c3cc(F)cc(F)c3)nc(C)n2)n1. The fourth-order valence-electron chi connectivity index (χ4n) is 2.75. The average molecular weight is 422 g/mol. The van der Waals surface area contributed by atoms with E-state index in [0.717, 1.165) is 23.5 Å². The fraction of sp³-hybridized carbons (Fsp3) is 0.278. The molecule has 2 N–H and O–H groups in total. The van der Waals surface area contributed by atoms with E-state index in [2.05, 4.69) is 25.1 Å². The minimum absolute atomic E-state index is 0.0151. The smallest absolute Gasteiger partial charge is 0.240 e. The van der Waals surface area contributed by atoms with Gasteiger partial charge in [-0.2, -0.15) is 5.10 Å². The van der Waals surface area contributed by atoms with Crippen LogP contribution in [0.15, 0.2) is 35.2 Å². The van der Waals surface area contributed by atoms with Gasteiger partial charge in [-0.1, -0.05) is 0 Å². The van der Waals surface area contributed by atoms with Crippen LogP contribution in [0, 0.1) is 32.4 Å². The van der Waals surface area contributed by atoms with Gasteiger partial charge in [0.25, 0.3) is 0 Å². The highest BCUT2D eigenvalue weighted by molar-refractivity contribution is 7.89. The van der Waals surface area contributed by atoms with Crippen LogP contribution in [0.3, 0.4) is 0 Å². The lowest BCUT2D eigenvalue weighted by atomic mass is 10.3. The summed E-state index contributed by atoms with van der Waals surface area (Å²) in [6.45, 7) is 5.71. The van der Waals surface area contributed by atoms with Crippen molar-refractivity contribution in [1.29, 1.82) is 0 Å². The Kier molecular flexibility index (Phi) is 5.89. The molecule has 0 aliphatic rings. The summed E-state index contributed by atoms with van der Waals surface area (Å²) in [7, 11) is -4.04. The summed E-state index contributed by atoms with van der Waals surface area (Å²) in [4.78, 5) is 8.17. The second-order valence-corrected chi connectivity index (χ2v) is 8.19. The molecule has 0 saturated heterocycles. The second kappa shape index (κ2) is 8.21. The highest BCUT2D eigenvalue weighted by atomic mass is 32.2. The maximum Gasteiger partial charge on any atom is 0.240 e. The second-order valence-electron chi connectivity index (χ2n) is 6.43. The summed E-state index contributed by atoms with van der Waals surface area (Å²) >= 11 is 0. The van der Waals surface area contributed by atoms with Crippen LogP contribution in [-0.2, 0) is 10.0 Å². The van der Waals surface area contributed by atoms with Gasteiger partial charge in [0.1, 0.15) is 23.3 Å². The monoisotopic (exact) mass is 422 g/mol. The van der Waals surface area contributed by atoms with E-state index in [0.29, 0.717) is 23.5 Å². The van der Waals surface area contributed by atoms with Crippen molar-refractivity contribution in [2.75, 3.05) is 18.4 Å². The summed E-state index contributed by atoms with van der Waals surface area (Å²) in [6, 6.07) is 5.75. The standard InChI is InChI=1S/C18H20F2N6O2S/c1-11-6-12(2)26(25-11)18-10-17(23-13(3)24-18)21-4-5-22-29(27,28)16-8-14(19)7-15(20)9-16/h6-10,22H,4-5H2,1-3H3,(H,21,23,24). The number of anilines is 1. The third kappa shape index (κ3) is 5.12. The summed E-state index contributed by atoms with van der Waals surface area (Å²) in [5, 5.41) is 7.39. The van der Waals surface area contributed by atoms with Crippen LogP contribution in [0.5, 0.6) is 0 Å². The quantitative estimate of drug-likeness (QED) is 0.567. The van der Waals surface area contributed by atoms with E-state index in [1.807, 2.05) is 19.9 Å². The fourth-order valence-corrected chi connectivity index (χ4v) is 3.83. The number of sulfonamides is 1. The number of nitrogens with zero attached hydrogens (tertiary/aromatic N) is 4. The van der Waals surface area contributed by atoms with Crippen LogP contribution in [0.1, 0.15) is 17.2 Å². The maximum absolute atomic E-state index is 13.2. The van der Waals surface area contributed by atoms with E-state index >= 15 is 0 Å². The van der Waals surface area contributed by atoms with E-state index in [-0.39, 0.29) is 13.1 Å². The average Bonchev–Trinajstić information content (AvgIpc) is 2.96. The molecule has 1 aromatic carbocycles. The third-order valence-electron chi connectivity index (χ3n) is 3.92. The predicted molar refractivity (Wildman–Crippen MR) is 103 cm³/mol. The lowest BCUT2D eigenvalue weighted by molar-refractivity contribution is 0.562. The lowest BCUT2D eigenvalue weighted by Crippen LogP contribution is -2.29. The molecule has 0 bridgehead atoms. The molecule has 0 radical (unpaired) electrons. The Balaban J connectivity index is 1.65. The maximum atomic E-state index is 13.2. The molecule has 0 saturated carbocycles. The molecule has 0 amide bonds. The molecule has 2 heterocycles. The van der Waals surface area contributed by atoms with Crippen LogP contribution < -0.4 is 10.0 Å². The molecular weight excluding hydrogens is 402 g/mol. The molecule has 3 aromatic rings. The number of nitrogens with one attached hydrogen (secondary N) is 2. The molecule has 0 spiro atoms. The molecule has 0 aliphatic carbocycles. The number of hydrogen-bond donors (Lipinski definition) is 2. The van der Waals surface area contributed by atoms with E-state index in [9.17, 15) is 17.2 Å². The molecule has 154 valence electrons. The summed E-state index contributed by atoms with van der Waals surface area (Å²) in [5.41, 5.74) is 1.78. The molecular formula is C18H20F2N6O2S. The predicted octanol–water partition coefficient (Wildman–Crippen LogP) is 2.26. The van der Waals surface area contributed by atoms with Crippen LogP contribution in [0.2, 0.25) is 0 Å². The van der Waals surface area contributed by atoms with E-state index in [1.165, 1.54) is 0 Å². The van der Waals surface area contributed by atoms with Crippen molar-refractivity contribution >= 4 is 15.8 Å². The van der Waals surface area contributed by atoms with Gasteiger partial charge in [-0.25, -0.2) is 36.6 Å². The van der Waals surface area contributed by atoms with E-state index in [4.69, 9.17) is 0 Å². The molecule has 0 aliphatic heterocycles. The van der Waals surface area contributed by atoms with Crippen LogP contribution in [0.4, 0.5) is 14.6 Å². The van der Waals surface area contributed by atoms with Gasteiger partial charge in [0, 0.05) is 30.9 Å². The number of aromatic nitrogens is 4. The zero-order valence-corrected chi connectivity index (χ0v) is 16.9. The molecule has 29 heavy (non-hydrogen) atoms. The molecule has 2 aromatic heterocycles. The third-order valence-corrected chi connectivity index (χ3v) is 5.36. The van der Waals surface area contributed by atoms with Gasteiger partial charge in [-0.05, 0) is 39.0 Å². The zero-order valence-electron chi connectivity index (χ0n) is 16.1. The molecule has 11 heteroatoms. The minimum Gasteiger partial charge on any atom is -0.369 e. The van der Waals surface area contributed by atoms with Crippen molar-refractivity contribution in [3.63, 3.8) is 0 Å². The molecule has 0 fully saturated rings. The van der Waals surface area contributed by atoms with Gasteiger partial charge < -0.3 is 5.32 Å². The summed E-state index contributed by atoms with van der Waals surface area (Å²) in [5.74, 6) is -0.320. The van der Waals surface area contributed by atoms with Crippen LogP contribution >= 0.6 is 0 Å². The first-order chi connectivity index (χ1) is 13.6. The molecule has 3 rings (SSSR count). The molecule has 8 nitrogen and oxygen atoms in total. The Morgan fingerprint density at radius 3 is 2.28 bits per heavy atom. The topological polar surface area (TPSA) is 102 Å². The van der Waals surface area contributed by atoms with E-state index in [1.54, 1.807) is 17.7 Å². The van der Waals surface area contributed by atoms with Crippen molar-refractivity contribution in [3.8, 4) is 5.82 Å². The van der Waals surface area contributed by atoms with Gasteiger partial charge in [-0.15, -0.1) is 0 Å². The Hall–Kier alpha value is -2.92. The Bertz CT molecular complexity index is 1130. The largest absolute Gasteiger partial charge is 0.369 e. The first-order valence-electron chi connectivity index (χ1n) is 8.73. The normalized spacial score (nSPS) is 11.6. The van der Waals surface area contributed by atoms with Gasteiger partial charge in [0.05, 0.1) is 10.6 Å². The van der Waals surface area contributed by atoms with Gasteiger partial charge in [-0.3, -0.25) is 0 Å². The number of aryl methyl sites for hydroxylation is 3. The van der Waals surface area contributed by atoms with Gasteiger partial charge >= 0.3 is 0 Å². The first kappa shape index (κ1) is 20.8. The van der Waals surface area contributed by atoms with Crippen molar-refractivity contribution in [2.45, 2.75) is 25.7 Å². The number of benzene rings is 1. The Morgan fingerprint density at radius 1 is 0.966 bits per heavy atom. The van der Waals surface area contributed by atoms with Gasteiger partial charge in [0.2, 0.25) is 10.0 Å². The van der Waals surface area contributed by atoms with E-state index < -0.39 is 26.6 Å². The minimum atomic E-state index is -4.04. The summed E-state index contributed by atoms with van der Waals surface area (Å²) < 4.78 is 54.8. The van der Waals surface area contributed by atoms with Crippen molar-refractivity contribution < 1.29 is 17.2 Å². The van der Waals surface area contributed by atoms with Crippen molar-refractivity contribution in [2.24, 2.45) is 0 Å². The summed E-state index contributed by atoms with van der Waals surface area (Å²) in [6.07, 6.45) is 0.